The Kier molecular flexibility index (Phi) is 5.02. The first kappa shape index (κ1) is 18.3. The van der Waals surface area contributed by atoms with Gasteiger partial charge >= 0.3 is 12.1 Å². The molecule has 2 aromatic carbocycles. The lowest BCUT2D eigenvalue weighted by Gasteiger charge is -2.05. The number of rotatable bonds is 5. The minimum Gasteiger partial charge on any atom is -0.345 e. The molecule has 3 aromatic rings. The molecule has 0 bridgehead atoms. The number of benzene rings is 2. The van der Waals surface area contributed by atoms with E-state index in [-0.39, 0.29) is 35.2 Å². The normalized spacial score (nSPS) is 11.2. The van der Waals surface area contributed by atoms with Gasteiger partial charge in [0.15, 0.2) is 5.78 Å². The standard InChI is InChI=1S/C18H12F3N3O3/c19-18(20,21)17-23-15(24-27-17)12-8-6-11(7-9-12)14(25)10-22-16(26)13-4-2-1-3-5-13/h1-9H,10H2,(H,22,26). The van der Waals surface area contributed by atoms with Crippen LogP contribution in [0.15, 0.2) is 59.1 Å². The summed E-state index contributed by atoms with van der Waals surface area (Å²) in [6, 6.07) is 14.0. The van der Waals surface area contributed by atoms with Crippen molar-refractivity contribution in [1.82, 2.24) is 15.5 Å². The Morgan fingerprint density at radius 1 is 0.963 bits per heavy atom. The third-order valence-electron chi connectivity index (χ3n) is 3.58. The zero-order chi connectivity index (χ0) is 19.4. The number of ketones is 1. The second-order valence-electron chi connectivity index (χ2n) is 5.47. The van der Waals surface area contributed by atoms with Gasteiger partial charge in [-0.15, -0.1) is 0 Å². The summed E-state index contributed by atoms with van der Waals surface area (Å²) in [5.41, 5.74) is 0.976. The Morgan fingerprint density at radius 2 is 1.63 bits per heavy atom. The average Bonchev–Trinajstić information content (AvgIpc) is 3.17. The lowest BCUT2D eigenvalue weighted by Crippen LogP contribution is -2.29. The highest BCUT2D eigenvalue weighted by Crippen LogP contribution is 2.29. The predicted octanol–water partition coefficient (Wildman–Crippen LogP) is 3.37. The summed E-state index contributed by atoms with van der Waals surface area (Å²) in [7, 11) is 0. The SMILES string of the molecule is O=C(CNC(=O)c1ccccc1)c1ccc(-c2noc(C(F)(F)F)n2)cc1. The number of carbonyl (C=O) groups excluding carboxylic acids is 2. The van der Waals surface area contributed by atoms with Crippen molar-refractivity contribution in [2.75, 3.05) is 6.54 Å². The largest absolute Gasteiger partial charge is 0.471 e. The van der Waals surface area contributed by atoms with Crippen LogP contribution in [0.2, 0.25) is 0 Å². The Labute approximate surface area is 151 Å². The first-order chi connectivity index (χ1) is 12.8. The van der Waals surface area contributed by atoms with Crippen LogP contribution in [0.4, 0.5) is 13.2 Å². The van der Waals surface area contributed by atoms with Crippen molar-refractivity contribution in [3.8, 4) is 11.4 Å². The average molecular weight is 375 g/mol. The van der Waals surface area contributed by atoms with E-state index in [1.807, 2.05) is 0 Å². The summed E-state index contributed by atoms with van der Waals surface area (Å²) >= 11 is 0. The van der Waals surface area contributed by atoms with E-state index in [1.54, 1.807) is 30.3 Å². The van der Waals surface area contributed by atoms with Crippen molar-refractivity contribution in [2.24, 2.45) is 0 Å². The smallest absolute Gasteiger partial charge is 0.345 e. The van der Waals surface area contributed by atoms with Gasteiger partial charge in [-0.05, 0) is 12.1 Å². The van der Waals surface area contributed by atoms with E-state index in [0.29, 0.717) is 5.56 Å². The van der Waals surface area contributed by atoms with Crippen molar-refractivity contribution < 1.29 is 27.3 Å². The molecule has 3 rings (SSSR count). The molecule has 0 atom stereocenters. The van der Waals surface area contributed by atoms with Crippen LogP contribution in [0.25, 0.3) is 11.4 Å². The molecule has 0 aliphatic carbocycles. The van der Waals surface area contributed by atoms with Crippen molar-refractivity contribution in [3.05, 3.63) is 71.6 Å². The zero-order valence-corrected chi connectivity index (χ0v) is 13.7. The molecule has 0 saturated heterocycles. The number of halogens is 3. The lowest BCUT2D eigenvalue weighted by atomic mass is 10.1. The summed E-state index contributed by atoms with van der Waals surface area (Å²) in [4.78, 5) is 27.3. The van der Waals surface area contributed by atoms with Crippen LogP contribution in [0.1, 0.15) is 26.6 Å². The number of alkyl halides is 3. The van der Waals surface area contributed by atoms with Crippen LogP contribution in [0, 0.1) is 0 Å². The number of Topliss-reactive ketones (excluding diaryl/α,β-unsaturated/α-hetero) is 1. The van der Waals surface area contributed by atoms with Crippen LogP contribution in [-0.4, -0.2) is 28.4 Å². The molecule has 0 aliphatic heterocycles. The molecule has 1 heterocycles. The van der Waals surface area contributed by atoms with Crippen molar-refractivity contribution in [3.63, 3.8) is 0 Å². The summed E-state index contributed by atoms with van der Waals surface area (Å²) in [5.74, 6) is -2.41. The van der Waals surface area contributed by atoms with Gasteiger partial charge in [0, 0.05) is 16.7 Å². The van der Waals surface area contributed by atoms with Gasteiger partial charge in [-0.1, -0.05) is 47.6 Å². The molecule has 9 heteroatoms. The summed E-state index contributed by atoms with van der Waals surface area (Å²) < 4.78 is 41.6. The van der Waals surface area contributed by atoms with E-state index in [2.05, 4.69) is 20.0 Å². The minimum atomic E-state index is -4.72. The molecule has 0 fully saturated rings. The maximum absolute atomic E-state index is 12.5. The van der Waals surface area contributed by atoms with Gasteiger partial charge in [0.05, 0.1) is 6.54 Å². The molecule has 1 N–H and O–H groups in total. The van der Waals surface area contributed by atoms with Crippen LogP contribution < -0.4 is 5.32 Å². The highest BCUT2D eigenvalue weighted by atomic mass is 19.4. The molecule has 1 amide bonds. The number of nitrogens with one attached hydrogen (secondary N) is 1. The van der Waals surface area contributed by atoms with Crippen LogP contribution in [0.5, 0.6) is 0 Å². The van der Waals surface area contributed by atoms with E-state index in [9.17, 15) is 22.8 Å². The highest BCUT2D eigenvalue weighted by molar-refractivity contribution is 6.02. The van der Waals surface area contributed by atoms with Gasteiger partial charge in [0.25, 0.3) is 5.91 Å². The number of hydrogen-bond acceptors (Lipinski definition) is 5. The summed E-state index contributed by atoms with van der Waals surface area (Å²) in [6.45, 7) is -0.215. The molecular weight excluding hydrogens is 363 g/mol. The molecule has 1 aromatic heterocycles. The monoisotopic (exact) mass is 375 g/mol. The fourth-order valence-corrected chi connectivity index (χ4v) is 2.22. The topological polar surface area (TPSA) is 85.1 Å². The molecule has 0 saturated carbocycles. The van der Waals surface area contributed by atoms with Gasteiger partial charge in [0.2, 0.25) is 5.82 Å². The predicted molar refractivity (Wildman–Crippen MR) is 87.8 cm³/mol. The summed E-state index contributed by atoms with van der Waals surface area (Å²) in [5, 5.41) is 5.78. The maximum atomic E-state index is 12.5. The Balaban J connectivity index is 1.64. The Bertz CT molecular complexity index is 951. The van der Waals surface area contributed by atoms with Gasteiger partial charge in [-0.2, -0.15) is 18.2 Å². The number of hydrogen-bond donors (Lipinski definition) is 1. The fourth-order valence-electron chi connectivity index (χ4n) is 2.22. The summed E-state index contributed by atoms with van der Waals surface area (Å²) in [6.07, 6.45) is -4.72. The second-order valence-corrected chi connectivity index (χ2v) is 5.47. The Morgan fingerprint density at radius 3 is 2.22 bits per heavy atom. The first-order valence-electron chi connectivity index (χ1n) is 7.72. The van der Waals surface area contributed by atoms with Gasteiger partial charge in [-0.25, -0.2) is 0 Å². The van der Waals surface area contributed by atoms with Crippen molar-refractivity contribution in [2.45, 2.75) is 6.18 Å². The lowest BCUT2D eigenvalue weighted by molar-refractivity contribution is -0.159. The Hall–Kier alpha value is -3.49. The minimum absolute atomic E-state index is 0.215. The number of aromatic nitrogens is 2. The van der Waals surface area contributed by atoms with Crippen molar-refractivity contribution in [1.29, 1.82) is 0 Å². The maximum Gasteiger partial charge on any atom is 0.471 e. The zero-order valence-electron chi connectivity index (χ0n) is 13.7. The van der Waals surface area contributed by atoms with Crippen LogP contribution in [-0.2, 0) is 6.18 Å². The van der Waals surface area contributed by atoms with Gasteiger partial charge < -0.3 is 9.84 Å². The number of carbonyl (C=O) groups is 2. The fraction of sp³-hybridized carbons (Fsp3) is 0.111. The molecular formula is C18H12F3N3O3. The van der Waals surface area contributed by atoms with E-state index >= 15 is 0 Å². The quantitative estimate of drug-likeness (QED) is 0.691. The van der Waals surface area contributed by atoms with Crippen LogP contribution in [0.3, 0.4) is 0 Å². The molecule has 0 unspecified atom stereocenters. The van der Waals surface area contributed by atoms with E-state index in [1.165, 1.54) is 24.3 Å². The molecule has 0 aliphatic rings. The van der Waals surface area contributed by atoms with Gasteiger partial charge in [0.1, 0.15) is 0 Å². The molecule has 6 nitrogen and oxygen atoms in total. The van der Waals surface area contributed by atoms with Gasteiger partial charge in [-0.3, -0.25) is 9.59 Å². The van der Waals surface area contributed by atoms with Crippen LogP contribution >= 0.6 is 0 Å². The third kappa shape index (κ3) is 4.38. The third-order valence-corrected chi connectivity index (χ3v) is 3.58. The number of nitrogens with zero attached hydrogens (tertiary/aromatic N) is 2. The highest BCUT2D eigenvalue weighted by Gasteiger charge is 2.38. The molecule has 138 valence electrons. The second kappa shape index (κ2) is 7.40. The molecule has 0 spiro atoms. The first-order valence-corrected chi connectivity index (χ1v) is 7.72. The number of amides is 1. The van der Waals surface area contributed by atoms with Crippen molar-refractivity contribution >= 4 is 11.7 Å². The molecule has 0 radical (unpaired) electrons. The van der Waals surface area contributed by atoms with E-state index in [4.69, 9.17) is 0 Å². The van der Waals surface area contributed by atoms with E-state index < -0.39 is 12.1 Å². The molecule has 27 heavy (non-hydrogen) atoms. The van der Waals surface area contributed by atoms with E-state index in [0.717, 1.165) is 0 Å².